The summed E-state index contributed by atoms with van der Waals surface area (Å²) in [5.41, 5.74) is 4.64. The molecule has 1 atom stereocenters. The van der Waals surface area contributed by atoms with E-state index in [-0.39, 0.29) is 5.92 Å². The first-order valence-corrected chi connectivity index (χ1v) is 8.87. The number of aliphatic carboxylic acids is 1. The highest BCUT2D eigenvalue weighted by Gasteiger charge is 2.24. The number of carboxylic acids is 1. The second-order valence-corrected chi connectivity index (χ2v) is 6.70. The Bertz CT molecular complexity index is 914. The van der Waals surface area contributed by atoms with Crippen LogP contribution in [-0.2, 0) is 17.6 Å². The maximum absolute atomic E-state index is 11.3. The molecule has 0 radical (unpaired) electrons. The molecule has 130 valence electrons. The lowest BCUT2D eigenvalue weighted by atomic mass is 9.84. The van der Waals surface area contributed by atoms with Crippen LogP contribution in [0.5, 0.6) is 11.5 Å². The number of hydrogen-bond acceptors (Lipinski definition) is 2. The highest BCUT2D eigenvalue weighted by atomic mass is 16.5. The zero-order valence-electron chi connectivity index (χ0n) is 14.4. The van der Waals surface area contributed by atoms with Crippen molar-refractivity contribution in [2.24, 2.45) is 5.92 Å². The molecule has 4 rings (SSSR count). The Morgan fingerprint density at radius 2 is 1.54 bits per heavy atom. The lowest BCUT2D eigenvalue weighted by Gasteiger charge is -2.22. The Balaban J connectivity index is 1.51. The molecule has 0 amide bonds. The van der Waals surface area contributed by atoms with Crippen molar-refractivity contribution in [1.29, 1.82) is 0 Å². The number of rotatable bonds is 4. The van der Waals surface area contributed by atoms with Crippen molar-refractivity contribution in [2.75, 3.05) is 0 Å². The molecule has 1 N–H and O–H groups in total. The van der Waals surface area contributed by atoms with E-state index in [1.54, 1.807) is 0 Å². The number of carbonyl (C=O) groups is 1. The molecule has 1 unspecified atom stereocenters. The van der Waals surface area contributed by atoms with Gasteiger partial charge in [0.15, 0.2) is 0 Å². The Labute approximate surface area is 152 Å². The van der Waals surface area contributed by atoms with Gasteiger partial charge in [-0.15, -0.1) is 0 Å². The summed E-state index contributed by atoms with van der Waals surface area (Å²) in [6, 6.07) is 24.2. The summed E-state index contributed by atoms with van der Waals surface area (Å²) in [7, 11) is 0. The van der Waals surface area contributed by atoms with Gasteiger partial charge in [-0.25, -0.2) is 0 Å². The van der Waals surface area contributed by atoms with E-state index in [1.165, 1.54) is 11.1 Å². The van der Waals surface area contributed by atoms with Gasteiger partial charge in [-0.05, 0) is 65.8 Å². The third-order valence-electron chi connectivity index (χ3n) is 4.95. The first-order chi connectivity index (χ1) is 12.7. The lowest BCUT2D eigenvalue weighted by molar-refractivity contribution is -0.142. The van der Waals surface area contributed by atoms with Gasteiger partial charge in [-0.2, -0.15) is 0 Å². The molecule has 3 nitrogen and oxygen atoms in total. The molecule has 0 bridgehead atoms. The van der Waals surface area contributed by atoms with Gasteiger partial charge in [0.1, 0.15) is 11.5 Å². The quantitative estimate of drug-likeness (QED) is 0.695. The number of hydrogen-bond donors (Lipinski definition) is 1. The average Bonchev–Trinajstić information content (AvgIpc) is 2.68. The normalized spacial score (nSPS) is 15.9. The SMILES string of the molecule is O=C(O)C1CCc2ccc(Oc3ccc(-c4ccccc4)cc3)cc2C1. The van der Waals surface area contributed by atoms with Gasteiger partial charge in [-0.3, -0.25) is 4.79 Å². The molecule has 0 saturated carbocycles. The van der Waals surface area contributed by atoms with Crippen LogP contribution in [0.25, 0.3) is 11.1 Å². The molecule has 3 aromatic rings. The molecule has 1 aliphatic carbocycles. The fraction of sp³-hybridized carbons (Fsp3) is 0.174. The highest BCUT2D eigenvalue weighted by molar-refractivity contribution is 5.71. The van der Waals surface area contributed by atoms with Gasteiger partial charge in [0.05, 0.1) is 5.92 Å². The van der Waals surface area contributed by atoms with E-state index in [0.29, 0.717) is 12.8 Å². The van der Waals surface area contributed by atoms with E-state index in [1.807, 2.05) is 54.6 Å². The smallest absolute Gasteiger partial charge is 0.306 e. The van der Waals surface area contributed by atoms with Gasteiger partial charge in [0.2, 0.25) is 0 Å². The minimum Gasteiger partial charge on any atom is -0.481 e. The van der Waals surface area contributed by atoms with Crippen LogP contribution in [0, 0.1) is 5.92 Å². The predicted molar refractivity (Wildman–Crippen MR) is 102 cm³/mol. The molecule has 1 aliphatic rings. The molecule has 0 fully saturated rings. The van der Waals surface area contributed by atoms with Gasteiger partial charge >= 0.3 is 5.97 Å². The summed E-state index contributed by atoms with van der Waals surface area (Å²) < 4.78 is 5.98. The van der Waals surface area contributed by atoms with E-state index in [4.69, 9.17) is 4.74 Å². The van der Waals surface area contributed by atoms with E-state index in [0.717, 1.165) is 29.0 Å². The highest BCUT2D eigenvalue weighted by Crippen LogP contribution is 2.31. The molecule has 0 heterocycles. The minimum atomic E-state index is -0.710. The summed E-state index contributed by atoms with van der Waals surface area (Å²) in [6.45, 7) is 0. The fourth-order valence-electron chi connectivity index (χ4n) is 3.49. The molecule has 0 aromatic heterocycles. The second-order valence-electron chi connectivity index (χ2n) is 6.70. The molecule has 0 aliphatic heterocycles. The average molecular weight is 344 g/mol. The number of benzene rings is 3. The number of carboxylic acid groups (broad SMARTS) is 1. The monoisotopic (exact) mass is 344 g/mol. The fourth-order valence-corrected chi connectivity index (χ4v) is 3.49. The molecule has 26 heavy (non-hydrogen) atoms. The molecule has 3 heteroatoms. The number of aryl methyl sites for hydroxylation is 1. The van der Waals surface area contributed by atoms with E-state index >= 15 is 0 Å². The van der Waals surface area contributed by atoms with E-state index in [9.17, 15) is 9.90 Å². The van der Waals surface area contributed by atoms with Crippen LogP contribution in [0.1, 0.15) is 17.5 Å². The first kappa shape index (κ1) is 16.4. The summed E-state index contributed by atoms with van der Waals surface area (Å²) >= 11 is 0. The topological polar surface area (TPSA) is 46.5 Å². The summed E-state index contributed by atoms with van der Waals surface area (Å²) in [5, 5.41) is 9.26. The van der Waals surface area contributed by atoms with Crippen molar-refractivity contribution in [3.63, 3.8) is 0 Å². The van der Waals surface area contributed by atoms with Crippen molar-refractivity contribution in [3.8, 4) is 22.6 Å². The zero-order valence-corrected chi connectivity index (χ0v) is 14.4. The van der Waals surface area contributed by atoms with E-state index < -0.39 is 5.97 Å². The number of ether oxygens (including phenoxy) is 1. The molecule has 3 aromatic carbocycles. The maximum atomic E-state index is 11.3. The Morgan fingerprint density at radius 1 is 0.846 bits per heavy atom. The first-order valence-electron chi connectivity index (χ1n) is 8.87. The van der Waals surface area contributed by atoms with Crippen LogP contribution in [0.15, 0.2) is 72.8 Å². The van der Waals surface area contributed by atoms with Gasteiger partial charge in [0, 0.05) is 0 Å². The van der Waals surface area contributed by atoms with Crippen LogP contribution in [0.3, 0.4) is 0 Å². The Morgan fingerprint density at radius 3 is 2.27 bits per heavy atom. The van der Waals surface area contributed by atoms with Crippen molar-refractivity contribution in [3.05, 3.63) is 83.9 Å². The molecular formula is C23H20O3. The summed E-state index contributed by atoms with van der Waals surface area (Å²) in [5.74, 6) is 0.527. The molecule has 0 saturated heterocycles. The van der Waals surface area contributed by atoms with Crippen LogP contribution in [0.2, 0.25) is 0 Å². The second kappa shape index (κ2) is 7.04. The van der Waals surface area contributed by atoms with E-state index in [2.05, 4.69) is 18.2 Å². The lowest BCUT2D eigenvalue weighted by Crippen LogP contribution is -2.22. The van der Waals surface area contributed by atoms with Gasteiger partial charge in [-0.1, -0.05) is 48.5 Å². The summed E-state index contributed by atoms with van der Waals surface area (Å²) in [4.78, 5) is 11.3. The predicted octanol–water partition coefficient (Wildman–Crippen LogP) is 5.34. The van der Waals surface area contributed by atoms with Crippen LogP contribution >= 0.6 is 0 Å². The largest absolute Gasteiger partial charge is 0.481 e. The molecule has 0 spiro atoms. The third-order valence-corrected chi connectivity index (χ3v) is 4.95. The van der Waals surface area contributed by atoms with Crippen LogP contribution in [0.4, 0.5) is 0 Å². The Hall–Kier alpha value is -3.07. The zero-order chi connectivity index (χ0) is 17.9. The van der Waals surface area contributed by atoms with Gasteiger partial charge < -0.3 is 9.84 Å². The van der Waals surface area contributed by atoms with Crippen molar-refractivity contribution in [1.82, 2.24) is 0 Å². The van der Waals surface area contributed by atoms with Gasteiger partial charge in [0.25, 0.3) is 0 Å². The van der Waals surface area contributed by atoms with Crippen molar-refractivity contribution in [2.45, 2.75) is 19.3 Å². The maximum Gasteiger partial charge on any atom is 0.306 e. The standard InChI is InChI=1S/C23H20O3/c24-23(25)19-7-6-18-10-13-22(15-20(18)14-19)26-21-11-8-17(9-12-21)16-4-2-1-3-5-16/h1-5,8-13,15,19H,6-7,14H2,(H,24,25). The third kappa shape index (κ3) is 3.47. The van der Waals surface area contributed by atoms with Crippen molar-refractivity contribution >= 4 is 5.97 Å². The van der Waals surface area contributed by atoms with Crippen LogP contribution in [-0.4, -0.2) is 11.1 Å². The minimum absolute atomic E-state index is 0.289. The van der Waals surface area contributed by atoms with Crippen LogP contribution < -0.4 is 4.74 Å². The Kier molecular flexibility index (Phi) is 4.44. The number of fused-ring (bicyclic) bond motifs is 1. The molecular weight excluding hydrogens is 324 g/mol. The summed E-state index contributed by atoms with van der Waals surface area (Å²) in [6.07, 6.45) is 2.11. The van der Waals surface area contributed by atoms with Crippen molar-refractivity contribution < 1.29 is 14.6 Å².